The Balaban J connectivity index is 1.42. The van der Waals surface area contributed by atoms with E-state index in [0.717, 1.165) is 28.6 Å². The van der Waals surface area contributed by atoms with Gasteiger partial charge in [0.05, 0.1) is 13.0 Å². The van der Waals surface area contributed by atoms with Crippen molar-refractivity contribution in [2.45, 2.75) is 26.4 Å². The van der Waals surface area contributed by atoms with Crippen LogP contribution in [-0.4, -0.2) is 20.6 Å². The van der Waals surface area contributed by atoms with Crippen LogP contribution >= 0.6 is 0 Å². The van der Waals surface area contributed by atoms with Crippen molar-refractivity contribution in [1.82, 2.24) is 20.0 Å². The minimum atomic E-state index is -0.0694. The molecule has 0 saturated heterocycles. The lowest BCUT2D eigenvalue weighted by Crippen LogP contribution is -2.25. The summed E-state index contributed by atoms with van der Waals surface area (Å²) < 4.78 is 7.42. The number of carbonyl (C=O) groups excluding carboxylic acids is 1. The number of carbonyl (C=O) groups is 1. The third-order valence-electron chi connectivity index (χ3n) is 4.50. The Kier molecular flexibility index (Phi) is 4.70. The number of benzene rings is 2. The first-order chi connectivity index (χ1) is 13.2. The number of para-hydroxylation sites is 1. The number of aromatic nitrogens is 3. The molecule has 6 nitrogen and oxygen atoms in total. The van der Waals surface area contributed by atoms with Crippen LogP contribution in [0, 0.1) is 0 Å². The molecular formula is C21H20N4O2. The molecule has 0 saturated carbocycles. The van der Waals surface area contributed by atoms with Crippen LogP contribution < -0.4 is 5.32 Å². The molecule has 0 atom stereocenters. The molecule has 0 fully saturated rings. The zero-order valence-corrected chi connectivity index (χ0v) is 15.1. The molecular weight excluding hydrogens is 340 g/mol. The number of hydrogen-bond acceptors (Lipinski definition) is 4. The Bertz CT molecular complexity index is 1070. The van der Waals surface area contributed by atoms with Crippen LogP contribution in [0.1, 0.15) is 18.3 Å². The highest BCUT2D eigenvalue weighted by Gasteiger charge is 2.13. The van der Waals surface area contributed by atoms with Crippen molar-refractivity contribution >= 4 is 16.8 Å². The monoisotopic (exact) mass is 360 g/mol. The van der Waals surface area contributed by atoms with Crippen LogP contribution in [-0.2, 0) is 24.3 Å². The molecule has 1 amide bonds. The molecule has 2 heterocycles. The number of amides is 1. The Morgan fingerprint density at radius 1 is 1.11 bits per heavy atom. The summed E-state index contributed by atoms with van der Waals surface area (Å²) in [4.78, 5) is 16.7. The van der Waals surface area contributed by atoms with Crippen LogP contribution in [0.2, 0.25) is 0 Å². The van der Waals surface area contributed by atoms with Gasteiger partial charge in [-0.1, -0.05) is 41.6 Å². The lowest BCUT2D eigenvalue weighted by atomic mass is 10.1. The summed E-state index contributed by atoms with van der Waals surface area (Å²) in [6, 6.07) is 17.7. The fraction of sp³-hybridized carbons (Fsp3) is 0.190. The topological polar surface area (TPSA) is 73.0 Å². The third-order valence-corrected chi connectivity index (χ3v) is 4.50. The van der Waals surface area contributed by atoms with E-state index in [1.165, 1.54) is 0 Å². The minimum Gasteiger partial charge on any atom is -0.348 e. The maximum Gasteiger partial charge on any atom is 0.257 e. The van der Waals surface area contributed by atoms with Crippen molar-refractivity contribution in [2.75, 3.05) is 0 Å². The third kappa shape index (κ3) is 3.60. The van der Waals surface area contributed by atoms with E-state index < -0.39 is 0 Å². The van der Waals surface area contributed by atoms with E-state index in [1.807, 2.05) is 48.7 Å². The first-order valence-corrected chi connectivity index (χ1v) is 8.96. The fourth-order valence-corrected chi connectivity index (χ4v) is 3.16. The number of nitrogens with zero attached hydrogens (tertiary/aromatic N) is 3. The zero-order chi connectivity index (χ0) is 18.6. The van der Waals surface area contributed by atoms with Crippen molar-refractivity contribution in [2.24, 2.45) is 0 Å². The van der Waals surface area contributed by atoms with Crippen molar-refractivity contribution in [3.05, 3.63) is 72.2 Å². The molecule has 136 valence electrons. The maximum absolute atomic E-state index is 12.4. The minimum absolute atomic E-state index is 0.0694. The van der Waals surface area contributed by atoms with Crippen molar-refractivity contribution < 1.29 is 9.32 Å². The summed E-state index contributed by atoms with van der Waals surface area (Å²) in [6.07, 6.45) is 2.36. The van der Waals surface area contributed by atoms with Crippen LogP contribution in [0.4, 0.5) is 0 Å². The Hall–Kier alpha value is -3.41. The van der Waals surface area contributed by atoms with Gasteiger partial charge in [-0.3, -0.25) is 4.79 Å². The quantitative estimate of drug-likeness (QED) is 0.570. The largest absolute Gasteiger partial charge is 0.348 e. The van der Waals surface area contributed by atoms with Gasteiger partial charge in [-0.05, 0) is 30.7 Å². The van der Waals surface area contributed by atoms with E-state index in [-0.39, 0.29) is 12.5 Å². The normalized spacial score (nSPS) is 11.0. The molecule has 0 unspecified atom stereocenters. The lowest BCUT2D eigenvalue weighted by Gasteiger charge is -2.01. The van der Waals surface area contributed by atoms with Gasteiger partial charge in [0.25, 0.3) is 5.89 Å². The van der Waals surface area contributed by atoms with Gasteiger partial charge in [-0.2, -0.15) is 4.98 Å². The maximum atomic E-state index is 12.4. The highest BCUT2D eigenvalue weighted by molar-refractivity contribution is 5.89. The molecule has 4 aromatic rings. The summed E-state index contributed by atoms with van der Waals surface area (Å²) in [5.41, 5.74) is 3.02. The zero-order valence-electron chi connectivity index (χ0n) is 15.1. The fourth-order valence-electron chi connectivity index (χ4n) is 3.16. The van der Waals surface area contributed by atoms with Gasteiger partial charge in [0, 0.05) is 29.2 Å². The predicted octanol–water partition coefficient (Wildman–Crippen LogP) is 3.57. The van der Waals surface area contributed by atoms with Gasteiger partial charge in [0.15, 0.2) is 5.82 Å². The van der Waals surface area contributed by atoms with Crippen LogP contribution in [0.3, 0.4) is 0 Å². The molecule has 6 heteroatoms. The highest BCUT2D eigenvalue weighted by atomic mass is 16.5. The summed E-state index contributed by atoms with van der Waals surface area (Å²) in [5.74, 6) is 0.837. The number of fused-ring (bicyclic) bond motifs is 1. The summed E-state index contributed by atoms with van der Waals surface area (Å²) in [6.45, 7) is 3.20. The van der Waals surface area contributed by atoms with Gasteiger partial charge in [-0.25, -0.2) is 0 Å². The summed E-state index contributed by atoms with van der Waals surface area (Å²) >= 11 is 0. The van der Waals surface area contributed by atoms with Gasteiger partial charge >= 0.3 is 0 Å². The first-order valence-electron chi connectivity index (χ1n) is 8.96. The standard InChI is InChI=1S/C21H20N4O2/c1-2-25-14-16(17-10-6-7-11-18(17)25)12-20(26)22-13-19-23-21(27-24-19)15-8-4-3-5-9-15/h3-11,14H,2,12-13H2,1H3,(H,22,26). The van der Waals surface area contributed by atoms with Crippen LogP contribution in [0.25, 0.3) is 22.4 Å². The van der Waals surface area contributed by atoms with Gasteiger partial charge in [-0.15, -0.1) is 0 Å². The number of nitrogens with one attached hydrogen (secondary N) is 1. The van der Waals surface area contributed by atoms with E-state index in [2.05, 4.69) is 39.1 Å². The van der Waals surface area contributed by atoms with E-state index >= 15 is 0 Å². The summed E-state index contributed by atoms with van der Waals surface area (Å²) in [7, 11) is 0. The molecule has 0 aliphatic rings. The van der Waals surface area contributed by atoms with Gasteiger partial charge < -0.3 is 14.4 Å². The Morgan fingerprint density at radius 2 is 1.89 bits per heavy atom. The van der Waals surface area contributed by atoms with Gasteiger partial charge in [0.1, 0.15) is 0 Å². The molecule has 0 aliphatic carbocycles. The summed E-state index contributed by atoms with van der Waals surface area (Å²) in [5, 5.41) is 7.92. The molecule has 1 N–H and O–H groups in total. The lowest BCUT2D eigenvalue weighted by molar-refractivity contribution is -0.120. The molecule has 2 aromatic heterocycles. The van der Waals surface area contributed by atoms with Crippen molar-refractivity contribution in [1.29, 1.82) is 0 Å². The first kappa shape index (κ1) is 17.0. The van der Waals surface area contributed by atoms with Crippen molar-refractivity contribution in [3.8, 4) is 11.5 Å². The number of rotatable bonds is 6. The average Bonchev–Trinajstić information content (AvgIpc) is 3.32. The van der Waals surface area contributed by atoms with E-state index in [9.17, 15) is 4.79 Å². The van der Waals surface area contributed by atoms with Crippen LogP contribution in [0.15, 0.2) is 65.3 Å². The second-order valence-corrected chi connectivity index (χ2v) is 6.29. The van der Waals surface area contributed by atoms with Crippen molar-refractivity contribution in [3.63, 3.8) is 0 Å². The molecule has 27 heavy (non-hydrogen) atoms. The second kappa shape index (κ2) is 7.45. The molecule has 2 aromatic carbocycles. The number of hydrogen-bond donors (Lipinski definition) is 1. The van der Waals surface area contributed by atoms with E-state index in [1.54, 1.807) is 0 Å². The molecule has 0 spiro atoms. The van der Waals surface area contributed by atoms with Gasteiger partial charge in [0.2, 0.25) is 5.91 Å². The smallest absolute Gasteiger partial charge is 0.257 e. The molecule has 0 aliphatic heterocycles. The molecule has 4 rings (SSSR count). The van der Waals surface area contributed by atoms with Crippen LogP contribution in [0.5, 0.6) is 0 Å². The number of aryl methyl sites for hydroxylation is 1. The Morgan fingerprint density at radius 3 is 2.70 bits per heavy atom. The molecule has 0 bridgehead atoms. The second-order valence-electron chi connectivity index (χ2n) is 6.29. The van der Waals surface area contributed by atoms with E-state index in [4.69, 9.17) is 4.52 Å². The Labute approximate surface area is 156 Å². The predicted molar refractivity (Wildman–Crippen MR) is 103 cm³/mol. The molecule has 0 radical (unpaired) electrons. The highest BCUT2D eigenvalue weighted by Crippen LogP contribution is 2.22. The van der Waals surface area contributed by atoms with E-state index in [0.29, 0.717) is 18.1 Å². The SMILES string of the molecule is CCn1cc(CC(=O)NCc2noc(-c3ccccc3)n2)c2ccccc21. The average molecular weight is 360 g/mol.